The topological polar surface area (TPSA) is 52.6 Å². The van der Waals surface area contributed by atoms with Crippen molar-refractivity contribution < 1.29 is 0 Å². The quantitative estimate of drug-likeness (QED) is 0.384. The van der Waals surface area contributed by atoms with Gasteiger partial charge in [-0.05, 0) is 25.8 Å². The first-order valence-corrected chi connectivity index (χ1v) is 8.99. The minimum absolute atomic E-state index is 0. The summed E-state index contributed by atoms with van der Waals surface area (Å²) < 4.78 is 0. The van der Waals surface area contributed by atoms with Crippen molar-refractivity contribution in [3.63, 3.8) is 0 Å². The highest BCUT2D eigenvalue weighted by molar-refractivity contribution is 14.0. The summed E-state index contributed by atoms with van der Waals surface area (Å²) in [5, 5.41) is 9.76. The summed E-state index contributed by atoms with van der Waals surface area (Å²) in [6.07, 6.45) is 0.977. The van der Waals surface area contributed by atoms with Crippen LogP contribution in [0.1, 0.15) is 22.4 Å². The van der Waals surface area contributed by atoms with Crippen molar-refractivity contribution in [1.29, 1.82) is 0 Å². The molecule has 7 heteroatoms. The molecule has 5 nitrogen and oxygen atoms in total. The van der Waals surface area contributed by atoms with Crippen molar-refractivity contribution in [3.8, 4) is 0 Å². The van der Waals surface area contributed by atoms with Crippen molar-refractivity contribution >= 4 is 46.4 Å². The number of aromatic nitrogens is 1. The van der Waals surface area contributed by atoms with Crippen LogP contribution in [0, 0.1) is 13.8 Å². The summed E-state index contributed by atoms with van der Waals surface area (Å²) in [7, 11) is 5.80. The van der Waals surface area contributed by atoms with E-state index in [1.54, 1.807) is 18.4 Å². The van der Waals surface area contributed by atoms with E-state index < -0.39 is 0 Å². The van der Waals surface area contributed by atoms with Crippen molar-refractivity contribution in [2.75, 3.05) is 32.6 Å². The first kappa shape index (κ1) is 21.7. The third-order valence-electron chi connectivity index (χ3n) is 3.57. The minimum Gasteiger partial charge on any atom is -0.356 e. The predicted octanol–water partition coefficient (Wildman–Crippen LogP) is 3.35. The molecule has 2 N–H and O–H groups in total. The maximum atomic E-state index is 4.56. The van der Waals surface area contributed by atoms with E-state index in [4.69, 9.17) is 0 Å². The Kier molecular flexibility index (Phi) is 9.20. The highest BCUT2D eigenvalue weighted by Crippen LogP contribution is 2.17. The fourth-order valence-corrected chi connectivity index (χ4v) is 3.27. The van der Waals surface area contributed by atoms with E-state index in [1.807, 2.05) is 19.0 Å². The number of nitrogens with zero attached hydrogens (tertiary/aromatic N) is 3. The van der Waals surface area contributed by atoms with Gasteiger partial charge in [-0.3, -0.25) is 4.99 Å². The number of halogens is 1. The van der Waals surface area contributed by atoms with Gasteiger partial charge < -0.3 is 15.5 Å². The lowest BCUT2D eigenvalue weighted by atomic mass is 10.1. The zero-order chi connectivity index (χ0) is 17.5. The Hall–Kier alpha value is -1.35. The molecule has 1 aromatic carbocycles. The number of hydrogen-bond donors (Lipinski definition) is 2. The number of rotatable bonds is 6. The molecular weight excluding hydrogens is 445 g/mol. The van der Waals surface area contributed by atoms with Gasteiger partial charge in [-0.1, -0.05) is 29.3 Å². The van der Waals surface area contributed by atoms with E-state index in [0.717, 1.165) is 29.8 Å². The largest absolute Gasteiger partial charge is 0.356 e. The van der Waals surface area contributed by atoms with E-state index in [9.17, 15) is 0 Å². The number of aryl methyl sites for hydroxylation is 2. The average molecular weight is 473 g/mol. The third-order valence-corrected chi connectivity index (χ3v) is 4.63. The fourth-order valence-electron chi connectivity index (χ4n) is 2.52. The van der Waals surface area contributed by atoms with E-state index >= 15 is 0 Å². The molecule has 0 saturated carbocycles. The van der Waals surface area contributed by atoms with Gasteiger partial charge in [-0.15, -0.1) is 35.3 Å². The lowest BCUT2D eigenvalue weighted by Crippen LogP contribution is -2.37. The summed E-state index contributed by atoms with van der Waals surface area (Å²) in [6.45, 7) is 5.80. The van der Waals surface area contributed by atoms with E-state index in [2.05, 4.69) is 58.0 Å². The van der Waals surface area contributed by atoms with E-state index in [1.165, 1.54) is 16.7 Å². The zero-order valence-electron chi connectivity index (χ0n) is 15.6. The number of guanidine groups is 1. The Balaban J connectivity index is 0.00000312. The van der Waals surface area contributed by atoms with Crippen molar-refractivity contribution in [2.24, 2.45) is 4.99 Å². The standard InChI is InChI=1S/C18H27N5S.HI/c1-13-8-14(2)10-15(9-13)6-7-20-17(19-3)21-11-16-12-24-18(22-16)23(4)5;/h8-10,12H,6-7,11H2,1-5H3,(H2,19,20,21);1H. The number of hydrogen-bond acceptors (Lipinski definition) is 4. The van der Waals surface area contributed by atoms with Crippen LogP contribution in [0.5, 0.6) is 0 Å². The normalized spacial score (nSPS) is 11.0. The van der Waals surface area contributed by atoms with Crippen LogP contribution in [0.15, 0.2) is 28.6 Å². The van der Waals surface area contributed by atoms with Crippen molar-refractivity contribution in [2.45, 2.75) is 26.8 Å². The van der Waals surface area contributed by atoms with Crippen LogP contribution in [0.4, 0.5) is 5.13 Å². The number of thiazole rings is 1. The number of anilines is 1. The lowest BCUT2D eigenvalue weighted by Gasteiger charge is -2.12. The molecule has 138 valence electrons. The SMILES string of the molecule is CN=C(NCCc1cc(C)cc(C)c1)NCc1csc(N(C)C)n1.I. The van der Waals surface area contributed by atoms with Gasteiger partial charge in [0.1, 0.15) is 0 Å². The van der Waals surface area contributed by atoms with Crippen LogP contribution in [0.3, 0.4) is 0 Å². The van der Waals surface area contributed by atoms with Gasteiger partial charge in [0.15, 0.2) is 11.1 Å². The first-order valence-electron chi connectivity index (χ1n) is 8.11. The van der Waals surface area contributed by atoms with Gasteiger partial charge in [0.2, 0.25) is 0 Å². The van der Waals surface area contributed by atoms with Gasteiger partial charge in [0, 0.05) is 33.1 Å². The summed E-state index contributed by atoms with van der Waals surface area (Å²) in [5.74, 6) is 0.804. The number of aliphatic imine (C=N–C) groups is 1. The summed E-state index contributed by atoms with van der Waals surface area (Å²) in [4.78, 5) is 10.9. The van der Waals surface area contributed by atoms with E-state index in [0.29, 0.717) is 6.54 Å². The molecule has 1 aromatic heterocycles. The molecular formula is C18H28IN5S. The molecule has 0 aliphatic heterocycles. The molecule has 0 spiro atoms. The van der Waals surface area contributed by atoms with Crippen molar-refractivity contribution in [1.82, 2.24) is 15.6 Å². The fraction of sp³-hybridized carbons (Fsp3) is 0.444. The first-order chi connectivity index (χ1) is 11.5. The average Bonchev–Trinajstić information content (AvgIpc) is 2.99. The van der Waals surface area contributed by atoms with Crippen molar-refractivity contribution in [3.05, 3.63) is 46.0 Å². The predicted molar refractivity (Wildman–Crippen MR) is 120 cm³/mol. The Morgan fingerprint density at radius 1 is 1.16 bits per heavy atom. The van der Waals surface area contributed by atoms with Crippen LogP contribution in [-0.4, -0.2) is 38.6 Å². The van der Waals surface area contributed by atoms with Crippen LogP contribution >= 0.6 is 35.3 Å². The Morgan fingerprint density at radius 3 is 2.40 bits per heavy atom. The number of nitrogens with one attached hydrogen (secondary N) is 2. The molecule has 0 fully saturated rings. The monoisotopic (exact) mass is 473 g/mol. The molecule has 1 heterocycles. The second-order valence-corrected chi connectivity index (χ2v) is 6.95. The third kappa shape index (κ3) is 7.19. The summed E-state index contributed by atoms with van der Waals surface area (Å²) in [5.41, 5.74) is 5.01. The Bertz CT molecular complexity index is 676. The minimum atomic E-state index is 0. The maximum absolute atomic E-state index is 4.56. The summed E-state index contributed by atoms with van der Waals surface area (Å²) in [6, 6.07) is 6.68. The van der Waals surface area contributed by atoms with Gasteiger partial charge in [0.25, 0.3) is 0 Å². The van der Waals surface area contributed by atoms with Crippen LogP contribution < -0.4 is 15.5 Å². The smallest absolute Gasteiger partial charge is 0.191 e. The highest BCUT2D eigenvalue weighted by Gasteiger charge is 2.05. The molecule has 0 radical (unpaired) electrons. The van der Waals surface area contributed by atoms with Gasteiger partial charge in [0.05, 0.1) is 12.2 Å². The molecule has 0 bridgehead atoms. The molecule has 25 heavy (non-hydrogen) atoms. The molecule has 2 aromatic rings. The van der Waals surface area contributed by atoms with Gasteiger partial charge in [-0.25, -0.2) is 4.98 Å². The second-order valence-electron chi connectivity index (χ2n) is 6.11. The molecule has 0 saturated heterocycles. The number of benzene rings is 1. The molecule has 0 aliphatic carbocycles. The highest BCUT2D eigenvalue weighted by atomic mass is 127. The van der Waals surface area contributed by atoms with Crippen LogP contribution in [0.2, 0.25) is 0 Å². The second kappa shape index (κ2) is 10.6. The summed E-state index contributed by atoms with van der Waals surface area (Å²) >= 11 is 1.65. The molecule has 0 unspecified atom stereocenters. The van der Waals surface area contributed by atoms with Crippen LogP contribution in [0.25, 0.3) is 0 Å². The molecule has 0 atom stereocenters. The molecule has 2 rings (SSSR count). The Morgan fingerprint density at radius 2 is 1.84 bits per heavy atom. The van der Waals surface area contributed by atoms with E-state index in [-0.39, 0.29) is 24.0 Å². The van der Waals surface area contributed by atoms with Gasteiger partial charge in [-0.2, -0.15) is 0 Å². The zero-order valence-corrected chi connectivity index (χ0v) is 18.7. The Labute approximate surface area is 172 Å². The maximum Gasteiger partial charge on any atom is 0.191 e. The van der Waals surface area contributed by atoms with Crippen LogP contribution in [-0.2, 0) is 13.0 Å². The molecule has 0 amide bonds. The van der Waals surface area contributed by atoms with Gasteiger partial charge >= 0.3 is 0 Å². The molecule has 0 aliphatic rings. The lowest BCUT2D eigenvalue weighted by molar-refractivity contribution is 0.785.